The van der Waals surface area contributed by atoms with Gasteiger partial charge in [0.25, 0.3) is 5.91 Å². The molecule has 1 fully saturated rings. The van der Waals surface area contributed by atoms with Crippen LogP contribution in [0.1, 0.15) is 40.4 Å². The van der Waals surface area contributed by atoms with Crippen LogP contribution in [-0.2, 0) is 21.5 Å². The van der Waals surface area contributed by atoms with E-state index in [1.54, 1.807) is 49.6 Å². The second kappa shape index (κ2) is 9.54. The maximum atomic E-state index is 13.3. The van der Waals surface area contributed by atoms with Crippen molar-refractivity contribution < 1.29 is 19.1 Å². The Morgan fingerprint density at radius 3 is 2.54 bits per heavy atom. The van der Waals surface area contributed by atoms with Gasteiger partial charge in [-0.1, -0.05) is 36.4 Å². The molecule has 0 saturated carbocycles. The van der Waals surface area contributed by atoms with Crippen molar-refractivity contribution in [3.8, 4) is 5.75 Å². The molecule has 1 saturated heterocycles. The van der Waals surface area contributed by atoms with Crippen LogP contribution in [0.5, 0.6) is 5.75 Å². The molecule has 2 heterocycles. The third-order valence-corrected chi connectivity index (χ3v) is 7.46. The summed E-state index contributed by atoms with van der Waals surface area (Å²) in [6.45, 7) is 1.55. The predicted octanol–water partition coefficient (Wildman–Crippen LogP) is 2.95. The fourth-order valence-electron chi connectivity index (χ4n) is 5.77. The minimum absolute atomic E-state index is 0.0825. The number of carbonyl (C=O) groups is 2. The first-order valence-electron chi connectivity index (χ1n) is 11.9. The molecule has 1 N–H and O–H groups in total. The normalized spacial score (nSPS) is 20.5. The number of aromatic nitrogens is 2. The number of carbonyl (C=O) groups excluding carboxylic acids is 2. The highest BCUT2D eigenvalue weighted by atomic mass is 16.5. The van der Waals surface area contributed by atoms with E-state index in [9.17, 15) is 9.59 Å². The van der Waals surface area contributed by atoms with Gasteiger partial charge < -0.3 is 24.3 Å². The molecule has 5 rings (SSSR count). The van der Waals surface area contributed by atoms with Crippen LogP contribution in [0.2, 0.25) is 0 Å². The Morgan fingerprint density at radius 2 is 1.83 bits per heavy atom. The van der Waals surface area contributed by atoms with Crippen LogP contribution in [-0.4, -0.2) is 59.7 Å². The molecule has 2 amide bonds. The van der Waals surface area contributed by atoms with Crippen molar-refractivity contribution in [2.24, 2.45) is 0 Å². The van der Waals surface area contributed by atoms with E-state index >= 15 is 0 Å². The van der Waals surface area contributed by atoms with Crippen molar-refractivity contribution in [1.82, 2.24) is 19.8 Å². The number of nitrogens with one attached hydrogen (secondary N) is 1. The zero-order chi connectivity index (χ0) is 24.4. The van der Waals surface area contributed by atoms with Gasteiger partial charge >= 0.3 is 0 Å². The van der Waals surface area contributed by atoms with Crippen molar-refractivity contribution in [1.29, 1.82) is 0 Å². The number of hydrogen-bond acceptors (Lipinski definition) is 5. The Bertz CT molecular complexity index is 1200. The van der Waals surface area contributed by atoms with Gasteiger partial charge in [-0.3, -0.25) is 9.59 Å². The minimum atomic E-state index is -0.304. The maximum Gasteiger partial charge on any atom is 0.255 e. The molecule has 1 aliphatic carbocycles. The Labute approximate surface area is 204 Å². The Hall–Kier alpha value is -3.65. The van der Waals surface area contributed by atoms with Crippen LogP contribution in [0.25, 0.3) is 0 Å². The van der Waals surface area contributed by atoms with Crippen LogP contribution in [0.15, 0.2) is 67.3 Å². The summed E-state index contributed by atoms with van der Waals surface area (Å²) >= 11 is 0. The molecule has 1 aromatic heterocycles. The number of para-hydroxylation sites is 1. The molecule has 0 bridgehead atoms. The van der Waals surface area contributed by atoms with Crippen molar-refractivity contribution in [3.05, 3.63) is 83.9 Å². The number of likely N-dealkylation sites (tertiary alicyclic amines) is 1. The van der Waals surface area contributed by atoms with Gasteiger partial charge in [-0.05, 0) is 36.1 Å². The molecule has 3 aromatic rings. The molecule has 2 aromatic carbocycles. The monoisotopic (exact) mass is 474 g/mol. The molecule has 0 unspecified atom stereocenters. The van der Waals surface area contributed by atoms with Gasteiger partial charge in [0, 0.05) is 38.0 Å². The summed E-state index contributed by atoms with van der Waals surface area (Å²) in [5.41, 5.74) is 2.47. The summed E-state index contributed by atoms with van der Waals surface area (Å²) in [5.74, 6) is 0.415. The lowest BCUT2D eigenvalue weighted by atomic mass is 9.72. The molecular formula is C27H30N4O4. The lowest BCUT2D eigenvalue weighted by molar-refractivity contribution is -0.134. The Kier molecular flexibility index (Phi) is 6.30. The molecule has 1 spiro atoms. The number of ether oxygens (including phenoxy) is 2. The van der Waals surface area contributed by atoms with E-state index in [1.807, 2.05) is 29.2 Å². The second-order valence-corrected chi connectivity index (χ2v) is 9.17. The van der Waals surface area contributed by atoms with Gasteiger partial charge in [0.2, 0.25) is 5.91 Å². The lowest BCUT2D eigenvalue weighted by Crippen LogP contribution is -2.52. The maximum absolute atomic E-state index is 13.3. The minimum Gasteiger partial charge on any atom is -0.496 e. The number of piperidine rings is 1. The molecule has 0 radical (unpaired) electrons. The number of amides is 2. The summed E-state index contributed by atoms with van der Waals surface area (Å²) in [7, 11) is 3.27. The van der Waals surface area contributed by atoms with E-state index in [2.05, 4.69) is 22.4 Å². The number of benzene rings is 2. The van der Waals surface area contributed by atoms with E-state index in [4.69, 9.17) is 9.47 Å². The van der Waals surface area contributed by atoms with Gasteiger partial charge in [-0.25, -0.2) is 4.98 Å². The predicted molar refractivity (Wildman–Crippen MR) is 130 cm³/mol. The fourth-order valence-corrected chi connectivity index (χ4v) is 5.77. The fraction of sp³-hybridized carbons (Fsp3) is 0.370. The quantitative estimate of drug-likeness (QED) is 0.594. The molecule has 8 heteroatoms. The van der Waals surface area contributed by atoms with E-state index in [0.717, 1.165) is 18.4 Å². The van der Waals surface area contributed by atoms with Crippen molar-refractivity contribution in [2.75, 3.05) is 27.3 Å². The molecule has 2 atom stereocenters. The number of rotatable bonds is 6. The zero-order valence-corrected chi connectivity index (χ0v) is 20.0. The third kappa shape index (κ3) is 4.08. The van der Waals surface area contributed by atoms with Gasteiger partial charge in [-0.2, -0.15) is 0 Å². The molecule has 8 nitrogen and oxygen atoms in total. The van der Waals surface area contributed by atoms with Gasteiger partial charge in [0.15, 0.2) is 0 Å². The number of fused-ring (bicyclic) bond motifs is 2. The highest BCUT2D eigenvalue weighted by Crippen LogP contribution is 2.52. The van der Waals surface area contributed by atoms with Crippen LogP contribution in [0.3, 0.4) is 0 Å². The van der Waals surface area contributed by atoms with Gasteiger partial charge in [0.1, 0.15) is 12.3 Å². The third-order valence-electron chi connectivity index (χ3n) is 7.46. The first-order chi connectivity index (χ1) is 17.1. The van der Waals surface area contributed by atoms with Crippen LogP contribution in [0.4, 0.5) is 0 Å². The Balaban J connectivity index is 1.39. The largest absolute Gasteiger partial charge is 0.496 e. The molecule has 35 heavy (non-hydrogen) atoms. The van der Waals surface area contributed by atoms with Crippen molar-refractivity contribution >= 4 is 11.8 Å². The molecule has 1 aliphatic heterocycles. The van der Waals surface area contributed by atoms with E-state index in [1.165, 1.54) is 5.56 Å². The first-order valence-corrected chi connectivity index (χ1v) is 11.9. The lowest BCUT2D eigenvalue weighted by Gasteiger charge is -2.44. The van der Waals surface area contributed by atoms with Crippen LogP contribution in [0, 0.1) is 0 Å². The first kappa shape index (κ1) is 23.1. The topological polar surface area (TPSA) is 85.7 Å². The highest BCUT2D eigenvalue weighted by molar-refractivity contribution is 5.97. The summed E-state index contributed by atoms with van der Waals surface area (Å²) < 4.78 is 13.3. The smallest absolute Gasteiger partial charge is 0.255 e. The molecule has 182 valence electrons. The molecule has 2 aliphatic rings. The summed E-state index contributed by atoms with van der Waals surface area (Å²) in [4.78, 5) is 32.1. The number of methoxy groups -OCH3 is 2. The number of nitrogens with zero attached hydrogens (tertiary/aromatic N) is 3. The average molecular weight is 475 g/mol. The standard InChI is InChI=1S/C27H30N4O4/c1-34-22-10-6-4-8-20(22)26(33)29-24-19-7-3-5-9-21(19)27(25(24)35-2)11-14-31(15-12-27)23(32)17-30-16-13-28-18-30/h3-10,13,16,18,24-25H,11-12,14-15,17H2,1-2H3,(H,29,33)/t24-,25+/m1/s1. The highest BCUT2D eigenvalue weighted by Gasteiger charge is 2.54. The SMILES string of the molecule is COc1ccccc1C(=O)N[C@@H]1c2ccccc2C2(CCN(C(=O)Cn3ccnc3)CC2)[C@H]1OC. The Morgan fingerprint density at radius 1 is 1.09 bits per heavy atom. The van der Waals surface area contributed by atoms with Gasteiger partial charge in [-0.15, -0.1) is 0 Å². The van der Waals surface area contributed by atoms with Crippen LogP contribution < -0.4 is 10.1 Å². The molecular weight excluding hydrogens is 444 g/mol. The van der Waals surface area contributed by atoms with Crippen molar-refractivity contribution in [2.45, 2.75) is 36.9 Å². The van der Waals surface area contributed by atoms with Crippen LogP contribution >= 0.6 is 0 Å². The van der Waals surface area contributed by atoms with E-state index in [-0.39, 0.29) is 35.9 Å². The number of imidazole rings is 1. The zero-order valence-electron chi connectivity index (χ0n) is 20.0. The van der Waals surface area contributed by atoms with E-state index < -0.39 is 0 Å². The van der Waals surface area contributed by atoms with Crippen molar-refractivity contribution in [3.63, 3.8) is 0 Å². The second-order valence-electron chi connectivity index (χ2n) is 9.17. The number of hydrogen-bond donors (Lipinski definition) is 1. The summed E-state index contributed by atoms with van der Waals surface area (Å²) in [6, 6.07) is 15.1. The summed E-state index contributed by atoms with van der Waals surface area (Å²) in [6.07, 6.45) is 6.41. The van der Waals surface area contributed by atoms with Gasteiger partial charge in [0.05, 0.1) is 31.1 Å². The average Bonchev–Trinajstić information content (AvgIpc) is 3.49. The van der Waals surface area contributed by atoms with E-state index in [0.29, 0.717) is 24.4 Å². The summed E-state index contributed by atoms with van der Waals surface area (Å²) in [5, 5.41) is 3.23.